The molecule has 7 heteroatoms. The van der Waals surface area contributed by atoms with E-state index in [1.807, 2.05) is 17.9 Å². The van der Waals surface area contributed by atoms with E-state index in [4.69, 9.17) is 9.47 Å². The van der Waals surface area contributed by atoms with E-state index in [9.17, 15) is 4.79 Å². The Morgan fingerprint density at radius 1 is 1.38 bits per heavy atom. The van der Waals surface area contributed by atoms with Crippen LogP contribution in [0.25, 0.3) is 0 Å². The van der Waals surface area contributed by atoms with Crippen LogP contribution in [-0.4, -0.2) is 64.3 Å². The normalized spacial score (nSPS) is 28.2. The molecule has 0 aliphatic carbocycles. The van der Waals surface area contributed by atoms with Crippen LogP contribution in [0, 0.1) is 6.92 Å². The van der Waals surface area contributed by atoms with Crippen LogP contribution in [0.5, 0.6) is 0 Å². The van der Waals surface area contributed by atoms with Crippen molar-refractivity contribution in [3.63, 3.8) is 0 Å². The number of rotatable bonds is 4. The Bertz CT molecular complexity index is 778. The number of aryl methyl sites for hydroxylation is 1. The van der Waals surface area contributed by atoms with Gasteiger partial charge in [-0.15, -0.1) is 5.10 Å². The smallest absolute Gasteiger partial charge is 0.244 e. The average molecular weight is 356 g/mol. The third-order valence-electron chi connectivity index (χ3n) is 5.45. The van der Waals surface area contributed by atoms with Crippen molar-refractivity contribution in [2.24, 2.45) is 0 Å². The summed E-state index contributed by atoms with van der Waals surface area (Å²) in [5, 5.41) is 7.90. The zero-order valence-electron chi connectivity index (χ0n) is 15.2. The molecular weight excluding hydrogens is 332 g/mol. The maximum Gasteiger partial charge on any atom is 0.244 e. The number of benzene rings is 1. The lowest BCUT2D eigenvalue weighted by atomic mass is 9.87. The van der Waals surface area contributed by atoms with Gasteiger partial charge in [-0.25, -0.2) is 4.68 Å². The molecule has 1 aromatic carbocycles. The van der Waals surface area contributed by atoms with Crippen molar-refractivity contribution in [3.8, 4) is 0 Å². The molecule has 138 valence electrons. The fourth-order valence-corrected chi connectivity index (χ4v) is 4.12. The molecule has 26 heavy (non-hydrogen) atoms. The lowest BCUT2D eigenvalue weighted by Gasteiger charge is -2.28. The summed E-state index contributed by atoms with van der Waals surface area (Å²) >= 11 is 0. The SMILES string of the molecule is CO[C@@H]1CN(C(=O)Cn2cc(C)nn2)C[C@]12C[C@H](c1ccccc1)CO2. The van der Waals surface area contributed by atoms with Crippen LogP contribution >= 0.6 is 0 Å². The molecule has 0 unspecified atom stereocenters. The van der Waals surface area contributed by atoms with Gasteiger partial charge in [0, 0.05) is 25.8 Å². The van der Waals surface area contributed by atoms with Gasteiger partial charge in [0.2, 0.25) is 5.91 Å². The number of carbonyl (C=O) groups excluding carboxylic acids is 1. The number of nitrogens with zero attached hydrogens (tertiary/aromatic N) is 4. The zero-order chi connectivity index (χ0) is 18.1. The van der Waals surface area contributed by atoms with Crippen LogP contribution in [0.15, 0.2) is 36.5 Å². The topological polar surface area (TPSA) is 69.5 Å². The van der Waals surface area contributed by atoms with E-state index >= 15 is 0 Å². The van der Waals surface area contributed by atoms with Crippen molar-refractivity contribution in [1.29, 1.82) is 0 Å². The molecule has 1 aromatic heterocycles. The largest absolute Gasteiger partial charge is 0.377 e. The Morgan fingerprint density at radius 3 is 2.88 bits per heavy atom. The maximum absolute atomic E-state index is 12.7. The van der Waals surface area contributed by atoms with Crippen molar-refractivity contribution in [2.45, 2.75) is 37.5 Å². The fraction of sp³-hybridized carbons (Fsp3) is 0.526. The first-order valence-electron chi connectivity index (χ1n) is 8.96. The molecule has 2 fully saturated rings. The molecular formula is C19H24N4O3. The van der Waals surface area contributed by atoms with Crippen LogP contribution < -0.4 is 0 Å². The maximum atomic E-state index is 12.7. The van der Waals surface area contributed by atoms with Crippen LogP contribution in [0.2, 0.25) is 0 Å². The summed E-state index contributed by atoms with van der Waals surface area (Å²) in [6, 6.07) is 10.4. The summed E-state index contributed by atoms with van der Waals surface area (Å²) in [7, 11) is 1.69. The summed E-state index contributed by atoms with van der Waals surface area (Å²) < 4.78 is 13.5. The standard InChI is InChI=1S/C19H24N4O3/c1-14-9-23(21-20-14)11-18(24)22-10-17(25-2)19(13-22)8-16(12-26-19)15-6-4-3-5-7-15/h3-7,9,16-17H,8,10-13H2,1-2H3/t16-,17+,19+/m0/s1. The molecule has 0 bridgehead atoms. The number of likely N-dealkylation sites (tertiary alicyclic amines) is 1. The highest BCUT2D eigenvalue weighted by Crippen LogP contribution is 2.43. The molecule has 1 spiro atoms. The van der Waals surface area contributed by atoms with E-state index in [1.54, 1.807) is 18.0 Å². The van der Waals surface area contributed by atoms with Gasteiger partial charge in [0.25, 0.3) is 0 Å². The molecule has 3 heterocycles. The van der Waals surface area contributed by atoms with Gasteiger partial charge in [0.05, 0.1) is 18.8 Å². The minimum atomic E-state index is -0.427. The number of carbonyl (C=O) groups is 1. The van der Waals surface area contributed by atoms with Crippen LogP contribution in [0.1, 0.15) is 23.6 Å². The molecule has 2 aliphatic rings. The Hall–Kier alpha value is -2.25. The van der Waals surface area contributed by atoms with Crippen molar-refractivity contribution >= 4 is 5.91 Å². The Labute approximate surface area is 152 Å². The zero-order valence-corrected chi connectivity index (χ0v) is 15.2. The highest BCUT2D eigenvalue weighted by molar-refractivity contribution is 5.76. The number of ether oxygens (including phenoxy) is 2. The number of methoxy groups -OCH3 is 1. The van der Waals surface area contributed by atoms with E-state index in [0.29, 0.717) is 25.6 Å². The summed E-state index contributed by atoms with van der Waals surface area (Å²) in [4.78, 5) is 14.5. The molecule has 4 rings (SSSR count). The summed E-state index contributed by atoms with van der Waals surface area (Å²) in [5.74, 6) is 0.349. The first-order chi connectivity index (χ1) is 12.6. The lowest BCUT2D eigenvalue weighted by Crippen LogP contribution is -2.42. The predicted molar refractivity (Wildman–Crippen MR) is 94.6 cm³/mol. The van der Waals surface area contributed by atoms with Gasteiger partial charge < -0.3 is 14.4 Å². The van der Waals surface area contributed by atoms with Crippen LogP contribution in [0.3, 0.4) is 0 Å². The van der Waals surface area contributed by atoms with Gasteiger partial charge in [-0.3, -0.25) is 4.79 Å². The monoisotopic (exact) mass is 356 g/mol. The second-order valence-corrected chi connectivity index (χ2v) is 7.24. The van der Waals surface area contributed by atoms with Crippen LogP contribution in [-0.2, 0) is 20.8 Å². The van der Waals surface area contributed by atoms with Gasteiger partial charge in [0.1, 0.15) is 18.2 Å². The highest BCUT2D eigenvalue weighted by Gasteiger charge is 2.54. The van der Waals surface area contributed by atoms with Gasteiger partial charge in [0.15, 0.2) is 0 Å². The van der Waals surface area contributed by atoms with Crippen LogP contribution in [0.4, 0.5) is 0 Å². The third kappa shape index (κ3) is 3.12. The second-order valence-electron chi connectivity index (χ2n) is 7.24. The first-order valence-corrected chi connectivity index (χ1v) is 8.96. The first kappa shape index (κ1) is 17.2. The van der Waals surface area contributed by atoms with E-state index in [1.165, 1.54) is 5.56 Å². The number of hydrogen-bond donors (Lipinski definition) is 0. The van der Waals surface area contributed by atoms with Crippen molar-refractivity contribution in [2.75, 3.05) is 26.8 Å². The summed E-state index contributed by atoms with van der Waals surface area (Å²) in [5.41, 5.74) is 1.65. The molecule has 0 N–H and O–H groups in total. The molecule has 2 saturated heterocycles. The minimum Gasteiger partial charge on any atom is -0.377 e. The Morgan fingerprint density at radius 2 is 2.19 bits per heavy atom. The van der Waals surface area contributed by atoms with E-state index in [-0.39, 0.29) is 18.6 Å². The number of aromatic nitrogens is 3. The van der Waals surface area contributed by atoms with Crippen molar-refractivity contribution in [1.82, 2.24) is 19.9 Å². The van der Waals surface area contributed by atoms with Gasteiger partial charge in [-0.05, 0) is 18.9 Å². The molecule has 3 atom stereocenters. The number of amides is 1. The minimum absolute atomic E-state index is 0.0144. The van der Waals surface area contributed by atoms with E-state index in [2.05, 4.69) is 34.6 Å². The summed E-state index contributed by atoms with van der Waals surface area (Å²) in [6.45, 7) is 3.81. The molecule has 1 amide bonds. The number of hydrogen-bond acceptors (Lipinski definition) is 5. The quantitative estimate of drug-likeness (QED) is 0.828. The van der Waals surface area contributed by atoms with E-state index in [0.717, 1.165) is 12.1 Å². The van der Waals surface area contributed by atoms with Crippen molar-refractivity contribution in [3.05, 3.63) is 47.8 Å². The molecule has 0 radical (unpaired) electrons. The summed E-state index contributed by atoms with van der Waals surface area (Å²) in [6.07, 6.45) is 2.52. The highest BCUT2D eigenvalue weighted by atomic mass is 16.6. The average Bonchev–Trinajstić information content (AvgIpc) is 3.36. The van der Waals surface area contributed by atoms with Crippen molar-refractivity contribution < 1.29 is 14.3 Å². The van der Waals surface area contributed by atoms with Gasteiger partial charge in [-0.2, -0.15) is 0 Å². The Kier molecular flexibility index (Phi) is 4.50. The molecule has 0 saturated carbocycles. The third-order valence-corrected chi connectivity index (χ3v) is 5.45. The predicted octanol–water partition coefficient (Wildman–Crippen LogP) is 1.39. The second kappa shape index (κ2) is 6.81. The molecule has 2 aromatic rings. The van der Waals surface area contributed by atoms with Gasteiger partial charge in [-0.1, -0.05) is 35.5 Å². The van der Waals surface area contributed by atoms with E-state index < -0.39 is 5.60 Å². The lowest BCUT2D eigenvalue weighted by molar-refractivity contribution is -0.132. The fourth-order valence-electron chi connectivity index (χ4n) is 4.12. The molecule has 7 nitrogen and oxygen atoms in total. The molecule has 2 aliphatic heterocycles. The van der Waals surface area contributed by atoms with Gasteiger partial charge >= 0.3 is 0 Å². The Balaban J connectivity index is 1.46.